The first-order valence-corrected chi connectivity index (χ1v) is 31.9. The van der Waals surface area contributed by atoms with Crippen LogP contribution >= 0.6 is 29.6 Å². The minimum atomic E-state index is -5.39. The van der Waals surface area contributed by atoms with E-state index in [9.17, 15) is 0 Å². The van der Waals surface area contributed by atoms with Crippen LogP contribution in [0.3, 0.4) is 0 Å². The molecule has 4 nitrogen and oxygen atoms in total. The Labute approximate surface area is 425 Å². The molecule has 0 N–H and O–H groups in total. The Bertz CT molecular complexity index is 2270. The first kappa shape index (κ1) is 54.7. The van der Waals surface area contributed by atoms with Crippen LogP contribution in [0.15, 0.2) is 273 Å². The van der Waals surface area contributed by atoms with Gasteiger partial charge in [0.05, 0.1) is 18.5 Å². The Morgan fingerprint density at radius 3 is 0.437 bits per heavy atom. The van der Waals surface area contributed by atoms with E-state index in [-0.39, 0.29) is 0 Å². The average molecular weight is 1010 g/mol. The molecule has 0 aliphatic heterocycles. The SMILES string of the molecule is CCC[P+](c1ccccc1)(c1ccccc1)c1ccccc1.CCC[P+](c1ccccc1)(c1ccccc1)c1ccccc1.CCC[P+](c1ccccc1)(c1ccccc1)c1ccccc1.O=P([O-])([O-])[O-]. The van der Waals surface area contributed by atoms with E-state index >= 15 is 0 Å². The van der Waals surface area contributed by atoms with Crippen LogP contribution in [0.1, 0.15) is 40.0 Å². The quantitative estimate of drug-likeness (QED) is 0.0958. The fourth-order valence-corrected chi connectivity index (χ4v) is 22.8. The van der Waals surface area contributed by atoms with Gasteiger partial charge in [-0.15, -0.1) is 0 Å². The van der Waals surface area contributed by atoms with Crippen molar-refractivity contribution < 1.29 is 19.2 Å². The van der Waals surface area contributed by atoms with Crippen LogP contribution in [-0.4, -0.2) is 18.5 Å². The smallest absolute Gasteiger partial charge is 0.112 e. The highest BCUT2D eigenvalue weighted by atomic mass is 31.2. The minimum absolute atomic E-state index is 1.19. The third kappa shape index (κ3) is 14.3. The van der Waals surface area contributed by atoms with Gasteiger partial charge in [-0.2, -0.15) is 7.82 Å². The summed E-state index contributed by atoms with van der Waals surface area (Å²) in [7, 11) is -10.0. The summed E-state index contributed by atoms with van der Waals surface area (Å²) >= 11 is 0. The summed E-state index contributed by atoms with van der Waals surface area (Å²) in [6.07, 6.45) is 7.20. The Balaban J connectivity index is 0.000000166. The van der Waals surface area contributed by atoms with E-state index in [0.717, 1.165) is 0 Å². The lowest BCUT2D eigenvalue weighted by Crippen LogP contribution is -2.33. The molecule has 8 heteroatoms. The van der Waals surface area contributed by atoms with Crippen LogP contribution in [0, 0.1) is 0 Å². The van der Waals surface area contributed by atoms with Crippen LogP contribution in [0.25, 0.3) is 0 Å². The molecule has 0 saturated heterocycles. The van der Waals surface area contributed by atoms with Crippen molar-refractivity contribution >= 4 is 77.4 Å². The summed E-state index contributed by atoms with van der Waals surface area (Å²) in [5, 5.41) is 13.3. The van der Waals surface area contributed by atoms with Gasteiger partial charge in [0.15, 0.2) is 0 Å². The van der Waals surface area contributed by atoms with Crippen molar-refractivity contribution in [3.63, 3.8) is 0 Å². The molecule has 9 rings (SSSR count). The van der Waals surface area contributed by atoms with Crippen LogP contribution in [0.4, 0.5) is 0 Å². The number of rotatable bonds is 15. The van der Waals surface area contributed by atoms with E-state index in [0.29, 0.717) is 0 Å². The zero-order valence-corrected chi connectivity index (χ0v) is 44.7. The van der Waals surface area contributed by atoms with Crippen LogP contribution in [0.5, 0.6) is 0 Å². The molecule has 0 unspecified atom stereocenters. The second kappa shape index (κ2) is 27.8. The Hall–Kier alpha value is -5.62. The Morgan fingerprint density at radius 1 is 0.254 bits per heavy atom. The van der Waals surface area contributed by atoms with E-state index in [2.05, 4.69) is 294 Å². The van der Waals surface area contributed by atoms with Gasteiger partial charge in [-0.25, -0.2) is 0 Å². The number of benzene rings is 9. The molecule has 0 fully saturated rings. The van der Waals surface area contributed by atoms with E-state index in [1.54, 1.807) is 0 Å². The summed E-state index contributed by atoms with van der Waals surface area (Å²) in [6, 6.07) is 99.7. The van der Waals surface area contributed by atoms with Crippen molar-refractivity contribution in [2.24, 2.45) is 0 Å². The molecule has 9 aromatic rings. The maximum Gasteiger partial charge on any atom is 0.112 e. The molecular weight excluding hydrogens is 945 g/mol. The standard InChI is InChI=1S/3C21H22P.H3O4P/c3*1-2-18-22(19-12-6-3-7-13-19,20-14-8-4-9-15-20)21-16-10-5-11-17-21;1-5(2,3)4/h3*3-17H,2,18H2,1H3;(H3,1,2,3,4)/q3*+1;/p-3. The molecule has 9 aromatic carbocycles. The summed E-state index contributed by atoms with van der Waals surface area (Å²) in [5.74, 6) is 0. The number of hydrogen-bond donors (Lipinski definition) is 0. The minimum Gasteiger partial charge on any atom is -0.822 e. The summed E-state index contributed by atoms with van der Waals surface area (Å²) < 4.78 is 8.55. The molecule has 0 heterocycles. The van der Waals surface area contributed by atoms with Gasteiger partial charge < -0.3 is 19.2 Å². The van der Waals surface area contributed by atoms with Gasteiger partial charge in [-0.3, -0.25) is 0 Å². The number of phosphoric acid groups is 1. The molecule has 0 aromatic heterocycles. The van der Waals surface area contributed by atoms with Crippen molar-refractivity contribution in [2.45, 2.75) is 40.0 Å². The average Bonchev–Trinajstić information content (AvgIpc) is 3.43. The van der Waals surface area contributed by atoms with Gasteiger partial charge in [0.25, 0.3) is 0 Å². The molecule has 0 aliphatic rings. The van der Waals surface area contributed by atoms with Crippen molar-refractivity contribution in [2.75, 3.05) is 18.5 Å². The molecule has 362 valence electrons. The molecule has 0 radical (unpaired) electrons. The molecule has 0 spiro atoms. The molecule has 0 atom stereocenters. The monoisotopic (exact) mass is 1010 g/mol. The van der Waals surface area contributed by atoms with Gasteiger partial charge in [0.2, 0.25) is 0 Å². The van der Waals surface area contributed by atoms with Crippen molar-refractivity contribution in [3.05, 3.63) is 273 Å². The summed E-state index contributed by atoms with van der Waals surface area (Å²) in [6.45, 7) is 6.89. The zero-order valence-electron chi connectivity index (χ0n) is 41.1. The van der Waals surface area contributed by atoms with Gasteiger partial charge in [0, 0.05) is 0 Å². The maximum absolute atomic E-state index is 8.55. The summed E-state index contributed by atoms with van der Waals surface area (Å²) in [5.41, 5.74) is 0. The third-order valence-corrected chi connectivity index (χ3v) is 26.4. The van der Waals surface area contributed by atoms with Crippen molar-refractivity contribution in [3.8, 4) is 0 Å². The second-order valence-electron chi connectivity index (χ2n) is 17.1. The first-order chi connectivity index (χ1) is 34.6. The topological polar surface area (TPSA) is 86.2 Å². The van der Waals surface area contributed by atoms with E-state index in [4.69, 9.17) is 19.2 Å². The van der Waals surface area contributed by atoms with Crippen molar-refractivity contribution in [1.82, 2.24) is 0 Å². The molecular formula is C63H66O4P4. The fraction of sp³-hybridized carbons (Fsp3) is 0.143. The fourth-order valence-electron chi connectivity index (χ4n) is 9.65. The van der Waals surface area contributed by atoms with E-state index < -0.39 is 29.6 Å². The predicted octanol–water partition coefficient (Wildman–Crippen LogP) is 10.3. The van der Waals surface area contributed by atoms with Gasteiger partial charge in [0.1, 0.15) is 69.5 Å². The summed E-state index contributed by atoms with van der Waals surface area (Å²) in [4.78, 5) is 25.6. The highest BCUT2D eigenvalue weighted by Crippen LogP contribution is 2.57. The highest BCUT2D eigenvalue weighted by molar-refractivity contribution is 7.96. The lowest BCUT2D eigenvalue weighted by molar-refractivity contribution is -0.432. The lowest BCUT2D eigenvalue weighted by Gasteiger charge is -2.36. The van der Waals surface area contributed by atoms with Crippen LogP contribution < -0.4 is 62.4 Å². The van der Waals surface area contributed by atoms with Crippen LogP contribution in [-0.2, 0) is 4.57 Å². The van der Waals surface area contributed by atoms with Gasteiger partial charge in [-0.05, 0) is 128 Å². The van der Waals surface area contributed by atoms with Gasteiger partial charge in [-0.1, -0.05) is 185 Å². The molecule has 0 saturated carbocycles. The molecule has 0 aliphatic carbocycles. The van der Waals surface area contributed by atoms with Crippen LogP contribution in [0.2, 0.25) is 0 Å². The molecule has 71 heavy (non-hydrogen) atoms. The largest absolute Gasteiger partial charge is 0.822 e. The lowest BCUT2D eigenvalue weighted by atomic mass is 10.4. The van der Waals surface area contributed by atoms with Gasteiger partial charge >= 0.3 is 0 Å². The van der Waals surface area contributed by atoms with E-state index in [1.165, 1.54) is 85.5 Å². The molecule has 0 bridgehead atoms. The van der Waals surface area contributed by atoms with E-state index in [1.807, 2.05) is 0 Å². The Kier molecular flexibility index (Phi) is 21.5. The highest BCUT2D eigenvalue weighted by Gasteiger charge is 2.46. The maximum atomic E-state index is 8.55. The molecule has 0 amide bonds. The second-order valence-corrected chi connectivity index (χ2v) is 28.8. The first-order valence-electron chi connectivity index (χ1n) is 24.5. The predicted molar refractivity (Wildman–Crippen MR) is 309 cm³/mol. The zero-order chi connectivity index (χ0) is 50.3. The van der Waals surface area contributed by atoms with Crippen molar-refractivity contribution in [1.29, 1.82) is 0 Å². The normalized spacial score (nSPS) is 11.4. The third-order valence-electron chi connectivity index (χ3n) is 12.4. The number of hydrogen-bond acceptors (Lipinski definition) is 4. The Morgan fingerprint density at radius 2 is 0.352 bits per heavy atom.